The number of benzene rings is 1. The van der Waals surface area contributed by atoms with Crippen LogP contribution in [0.15, 0.2) is 12.1 Å². The number of hydrogen-bond acceptors (Lipinski definition) is 4. The molecule has 0 aromatic heterocycles. The number of rotatable bonds is 2. The van der Waals surface area contributed by atoms with E-state index in [-0.39, 0.29) is 30.8 Å². The standard InChI is InChI=1S/C14H16ClN3O3.ClH/c15-8-5-10-11(21-7-12(19)17-10)6-9(8)18-13(20)14(16)3-1-2-4-14;/h5-6H,1-4,7,16H2,(H,17,19)(H,18,20);1H. The first-order chi connectivity index (χ1) is 9.98. The second-order valence-electron chi connectivity index (χ2n) is 5.48. The first kappa shape index (κ1) is 16.9. The van der Waals surface area contributed by atoms with E-state index in [0.29, 0.717) is 35.0 Å². The lowest BCUT2D eigenvalue weighted by Gasteiger charge is -2.24. The molecule has 0 radical (unpaired) electrons. The van der Waals surface area contributed by atoms with E-state index in [0.717, 1.165) is 12.8 Å². The number of anilines is 2. The van der Waals surface area contributed by atoms with Crippen LogP contribution >= 0.6 is 24.0 Å². The quantitative estimate of drug-likeness (QED) is 0.766. The Labute approximate surface area is 139 Å². The molecule has 4 N–H and O–H groups in total. The third-order valence-electron chi connectivity index (χ3n) is 3.90. The average molecular weight is 346 g/mol. The minimum absolute atomic E-state index is 0. The van der Waals surface area contributed by atoms with Crippen LogP contribution in [0.4, 0.5) is 11.4 Å². The molecule has 1 saturated carbocycles. The highest BCUT2D eigenvalue weighted by molar-refractivity contribution is 6.34. The molecular formula is C14H17Cl2N3O3. The van der Waals surface area contributed by atoms with E-state index < -0.39 is 5.54 Å². The van der Waals surface area contributed by atoms with E-state index in [2.05, 4.69) is 10.6 Å². The zero-order valence-corrected chi connectivity index (χ0v) is 13.4. The molecule has 2 aliphatic rings. The number of carbonyl (C=O) groups excluding carboxylic acids is 2. The number of halogens is 2. The van der Waals surface area contributed by atoms with Crippen molar-refractivity contribution in [1.82, 2.24) is 0 Å². The summed E-state index contributed by atoms with van der Waals surface area (Å²) in [6, 6.07) is 3.16. The second kappa shape index (κ2) is 6.32. The Balaban J connectivity index is 0.00000176. The molecule has 0 saturated heterocycles. The smallest absolute Gasteiger partial charge is 0.262 e. The molecule has 1 aliphatic heterocycles. The van der Waals surface area contributed by atoms with E-state index in [1.807, 2.05) is 0 Å². The molecule has 0 unspecified atom stereocenters. The van der Waals surface area contributed by atoms with E-state index in [9.17, 15) is 9.59 Å². The fourth-order valence-corrected chi connectivity index (χ4v) is 2.89. The van der Waals surface area contributed by atoms with Gasteiger partial charge in [-0.2, -0.15) is 0 Å². The van der Waals surface area contributed by atoms with Gasteiger partial charge in [-0.05, 0) is 18.9 Å². The Bertz CT molecular complexity index is 616. The molecule has 2 amide bonds. The van der Waals surface area contributed by atoms with Crippen molar-refractivity contribution < 1.29 is 14.3 Å². The number of carbonyl (C=O) groups is 2. The molecule has 1 aromatic carbocycles. The van der Waals surface area contributed by atoms with Gasteiger partial charge in [0.25, 0.3) is 5.91 Å². The van der Waals surface area contributed by atoms with Gasteiger partial charge in [0.1, 0.15) is 5.75 Å². The topological polar surface area (TPSA) is 93.5 Å². The third kappa shape index (κ3) is 3.14. The molecule has 8 heteroatoms. The van der Waals surface area contributed by atoms with Crippen molar-refractivity contribution in [3.8, 4) is 5.75 Å². The fourth-order valence-electron chi connectivity index (χ4n) is 2.68. The molecule has 1 fully saturated rings. The predicted molar refractivity (Wildman–Crippen MR) is 86.8 cm³/mol. The lowest BCUT2D eigenvalue weighted by molar-refractivity contribution is -0.121. The molecule has 120 valence electrons. The number of amides is 2. The fraction of sp³-hybridized carbons (Fsp3) is 0.429. The highest BCUT2D eigenvalue weighted by Gasteiger charge is 2.37. The maximum atomic E-state index is 12.3. The summed E-state index contributed by atoms with van der Waals surface area (Å²) in [7, 11) is 0. The van der Waals surface area contributed by atoms with Crippen LogP contribution in [0.5, 0.6) is 5.75 Å². The number of nitrogens with two attached hydrogens (primary N) is 1. The Kier molecular flexibility index (Phi) is 4.84. The lowest BCUT2D eigenvalue weighted by Crippen LogP contribution is -2.48. The van der Waals surface area contributed by atoms with E-state index >= 15 is 0 Å². The van der Waals surface area contributed by atoms with E-state index in [1.54, 1.807) is 12.1 Å². The minimum atomic E-state index is -0.825. The van der Waals surface area contributed by atoms with Crippen molar-refractivity contribution in [2.24, 2.45) is 5.73 Å². The number of fused-ring (bicyclic) bond motifs is 1. The maximum absolute atomic E-state index is 12.3. The Morgan fingerprint density at radius 3 is 2.73 bits per heavy atom. The van der Waals surface area contributed by atoms with Crippen LogP contribution in [0, 0.1) is 0 Å². The third-order valence-corrected chi connectivity index (χ3v) is 4.21. The normalized spacial score (nSPS) is 18.5. The Hall–Kier alpha value is -1.50. The van der Waals surface area contributed by atoms with Gasteiger partial charge in [-0.25, -0.2) is 0 Å². The van der Waals surface area contributed by atoms with E-state index in [4.69, 9.17) is 22.1 Å². The molecule has 3 rings (SSSR count). The molecule has 1 heterocycles. The minimum Gasteiger partial charge on any atom is -0.482 e. The second-order valence-corrected chi connectivity index (χ2v) is 5.89. The van der Waals surface area contributed by atoms with Crippen LogP contribution in [0.1, 0.15) is 25.7 Å². The summed E-state index contributed by atoms with van der Waals surface area (Å²) in [5, 5.41) is 5.75. The molecule has 0 bridgehead atoms. The highest BCUT2D eigenvalue weighted by atomic mass is 35.5. The summed E-state index contributed by atoms with van der Waals surface area (Å²) in [6.45, 7) is -0.0527. The Morgan fingerprint density at radius 2 is 2.05 bits per heavy atom. The summed E-state index contributed by atoms with van der Waals surface area (Å²) in [4.78, 5) is 23.6. The molecule has 22 heavy (non-hydrogen) atoms. The van der Waals surface area contributed by atoms with Crippen molar-refractivity contribution in [1.29, 1.82) is 0 Å². The molecule has 6 nitrogen and oxygen atoms in total. The molecule has 1 aromatic rings. The van der Waals surface area contributed by atoms with Crippen molar-refractivity contribution in [2.75, 3.05) is 17.2 Å². The van der Waals surface area contributed by atoms with Gasteiger partial charge in [-0.15, -0.1) is 12.4 Å². The summed E-state index contributed by atoms with van der Waals surface area (Å²) >= 11 is 6.14. The van der Waals surface area contributed by atoms with Crippen molar-refractivity contribution >= 4 is 47.2 Å². The lowest BCUT2D eigenvalue weighted by atomic mass is 9.98. The van der Waals surface area contributed by atoms with E-state index in [1.165, 1.54) is 0 Å². The van der Waals surface area contributed by atoms with Crippen LogP contribution in [0.2, 0.25) is 5.02 Å². The zero-order valence-electron chi connectivity index (χ0n) is 11.8. The molecular weight excluding hydrogens is 329 g/mol. The van der Waals surface area contributed by atoms with Crippen molar-refractivity contribution in [3.05, 3.63) is 17.2 Å². The summed E-state index contributed by atoms with van der Waals surface area (Å²) in [5.74, 6) is 0.00991. The van der Waals surface area contributed by atoms with Crippen LogP contribution in [0.3, 0.4) is 0 Å². The van der Waals surface area contributed by atoms with Crippen LogP contribution in [-0.2, 0) is 9.59 Å². The summed E-state index contributed by atoms with van der Waals surface area (Å²) in [6.07, 6.45) is 3.26. The van der Waals surface area contributed by atoms with Gasteiger partial charge in [0, 0.05) is 6.07 Å². The van der Waals surface area contributed by atoms with Gasteiger partial charge in [-0.3, -0.25) is 9.59 Å². The Morgan fingerprint density at radius 1 is 1.36 bits per heavy atom. The number of ether oxygens (including phenoxy) is 1. The van der Waals surface area contributed by atoms with Crippen molar-refractivity contribution in [3.63, 3.8) is 0 Å². The van der Waals surface area contributed by atoms with Gasteiger partial charge in [0.05, 0.1) is 21.9 Å². The zero-order chi connectivity index (χ0) is 15.0. The molecule has 0 spiro atoms. The van der Waals surface area contributed by atoms with Crippen LogP contribution < -0.4 is 21.1 Å². The van der Waals surface area contributed by atoms with Gasteiger partial charge < -0.3 is 21.1 Å². The number of hydrogen-bond donors (Lipinski definition) is 3. The first-order valence-electron chi connectivity index (χ1n) is 6.84. The van der Waals surface area contributed by atoms with Crippen LogP contribution in [-0.4, -0.2) is 24.0 Å². The monoisotopic (exact) mass is 345 g/mol. The van der Waals surface area contributed by atoms with Gasteiger partial charge in [0.15, 0.2) is 6.61 Å². The largest absolute Gasteiger partial charge is 0.482 e. The summed E-state index contributed by atoms with van der Waals surface area (Å²) < 4.78 is 5.31. The SMILES string of the molecule is Cl.NC1(C(=O)Nc2cc3c(cc2Cl)NC(=O)CO3)CCCC1. The van der Waals surface area contributed by atoms with Gasteiger partial charge in [-0.1, -0.05) is 24.4 Å². The molecule has 0 atom stereocenters. The number of nitrogens with one attached hydrogen (secondary N) is 2. The maximum Gasteiger partial charge on any atom is 0.262 e. The van der Waals surface area contributed by atoms with Crippen molar-refractivity contribution in [2.45, 2.75) is 31.2 Å². The summed E-state index contributed by atoms with van der Waals surface area (Å²) in [5.41, 5.74) is 6.22. The van der Waals surface area contributed by atoms with Gasteiger partial charge >= 0.3 is 0 Å². The average Bonchev–Trinajstić information content (AvgIpc) is 2.88. The van der Waals surface area contributed by atoms with Crippen LogP contribution in [0.25, 0.3) is 0 Å². The predicted octanol–water partition coefficient (Wildman–Crippen LogP) is 2.30. The molecule has 1 aliphatic carbocycles. The highest BCUT2D eigenvalue weighted by Crippen LogP contribution is 2.37. The first-order valence-corrected chi connectivity index (χ1v) is 7.22. The van der Waals surface area contributed by atoms with Gasteiger partial charge in [0.2, 0.25) is 5.91 Å².